The SMILES string of the molecule is COc1cccc(CCNC(=O)[C@@H]2C[C@H](O)CN2)c1. The van der Waals surface area contributed by atoms with E-state index in [1.54, 1.807) is 7.11 Å². The number of nitrogens with one attached hydrogen (secondary N) is 2. The van der Waals surface area contributed by atoms with Gasteiger partial charge in [0.05, 0.1) is 19.3 Å². The summed E-state index contributed by atoms with van der Waals surface area (Å²) in [4.78, 5) is 11.8. The van der Waals surface area contributed by atoms with E-state index in [1.165, 1.54) is 0 Å². The standard InChI is InChI=1S/C14H20N2O3/c1-19-12-4-2-3-10(7-12)5-6-15-14(18)13-8-11(17)9-16-13/h2-4,7,11,13,16-17H,5-6,8-9H2,1H3,(H,15,18)/t11-,13-/m0/s1. The molecule has 1 saturated heterocycles. The van der Waals surface area contributed by atoms with Crippen LogP contribution in [0.5, 0.6) is 5.75 Å². The van der Waals surface area contributed by atoms with Crippen molar-refractivity contribution in [1.29, 1.82) is 0 Å². The summed E-state index contributed by atoms with van der Waals surface area (Å²) in [7, 11) is 1.64. The van der Waals surface area contributed by atoms with Crippen LogP contribution in [0.4, 0.5) is 0 Å². The van der Waals surface area contributed by atoms with Crippen LogP contribution in [-0.2, 0) is 11.2 Å². The van der Waals surface area contributed by atoms with Crippen molar-refractivity contribution in [3.63, 3.8) is 0 Å². The number of amides is 1. The molecule has 1 fully saturated rings. The summed E-state index contributed by atoms with van der Waals surface area (Å²) >= 11 is 0. The molecule has 0 unspecified atom stereocenters. The lowest BCUT2D eigenvalue weighted by Gasteiger charge is -2.11. The first-order valence-electron chi connectivity index (χ1n) is 6.51. The average molecular weight is 264 g/mol. The van der Waals surface area contributed by atoms with Gasteiger partial charge in [-0.1, -0.05) is 12.1 Å². The number of aliphatic hydroxyl groups is 1. The second-order valence-electron chi connectivity index (χ2n) is 4.74. The Kier molecular flexibility index (Phi) is 4.76. The Morgan fingerprint density at radius 3 is 3.11 bits per heavy atom. The molecular weight excluding hydrogens is 244 g/mol. The number of hydrogen-bond acceptors (Lipinski definition) is 4. The fourth-order valence-corrected chi connectivity index (χ4v) is 2.20. The van der Waals surface area contributed by atoms with Gasteiger partial charge in [0, 0.05) is 13.1 Å². The molecule has 19 heavy (non-hydrogen) atoms. The molecule has 0 aliphatic carbocycles. The van der Waals surface area contributed by atoms with Gasteiger partial charge in [0.25, 0.3) is 0 Å². The van der Waals surface area contributed by atoms with Gasteiger partial charge in [-0.05, 0) is 30.5 Å². The van der Waals surface area contributed by atoms with Crippen LogP contribution in [0.1, 0.15) is 12.0 Å². The number of ether oxygens (including phenoxy) is 1. The Balaban J connectivity index is 1.75. The highest BCUT2D eigenvalue weighted by molar-refractivity contribution is 5.82. The molecule has 1 aliphatic heterocycles. The van der Waals surface area contributed by atoms with Crippen molar-refractivity contribution in [3.05, 3.63) is 29.8 Å². The third kappa shape index (κ3) is 3.94. The summed E-state index contributed by atoms with van der Waals surface area (Å²) < 4.78 is 5.15. The first-order chi connectivity index (χ1) is 9.19. The number of hydrogen-bond donors (Lipinski definition) is 3. The van der Waals surface area contributed by atoms with Gasteiger partial charge in [0.1, 0.15) is 5.75 Å². The van der Waals surface area contributed by atoms with E-state index in [4.69, 9.17) is 4.74 Å². The van der Waals surface area contributed by atoms with Gasteiger partial charge in [-0.3, -0.25) is 4.79 Å². The summed E-state index contributed by atoms with van der Waals surface area (Å²) in [6.45, 7) is 1.08. The Bertz CT molecular complexity index is 436. The molecule has 1 heterocycles. The summed E-state index contributed by atoms with van der Waals surface area (Å²) in [5.74, 6) is 0.781. The molecule has 0 bridgehead atoms. The highest BCUT2D eigenvalue weighted by Gasteiger charge is 2.27. The minimum Gasteiger partial charge on any atom is -0.497 e. The van der Waals surface area contributed by atoms with Crippen molar-refractivity contribution >= 4 is 5.91 Å². The van der Waals surface area contributed by atoms with Gasteiger partial charge >= 0.3 is 0 Å². The molecule has 0 saturated carbocycles. The first kappa shape index (κ1) is 13.8. The third-order valence-electron chi connectivity index (χ3n) is 3.27. The number of methoxy groups -OCH3 is 1. The van der Waals surface area contributed by atoms with E-state index >= 15 is 0 Å². The molecule has 0 spiro atoms. The van der Waals surface area contributed by atoms with Crippen LogP contribution >= 0.6 is 0 Å². The van der Waals surface area contributed by atoms with Gasteiger partial charge in [-0.25, -0.2) is 0 Å². The van der Waals surface area contributed by atoms with Crippen LogP contribution in [0.15, 0.2) is 24.3 Å². The van der Waals surface area contributed by atoms with E-state index in [1.807, 2.05) is 24.3 Å². The van der Waals surface area contributed by atoms with Gasteiger partial charge in [-0.15, -0.1) is 0 Å². The summed E-state index contributed by atoms with van der Waals surface area (Å²) in [5, 5.41) is 15.2. The summed E-state index contributed by atoms with van der Waals surface area (Å²) in [6.07, 6.45) is 0.845. The van der Waals surface area contributed by atoms with Gasteiger partial charge in [0.2, 0.25) is 5.91 Å². The zero-order valence-corrected chi connectivity index (χ0v) is 11.1. The fraction of sp³-hybridized carbons (Fsp3) is 0.500. The van der Waals surface area contributed by atoms with Gasteiger partial charge < -0.3 is 20.5 Å². The van der Waals surface area contributed by atoms with Crippen molar-refractivity contribution in [1.82, 2.24) is 10.6 Å². The van der Waals surface area contributed by atoms with E-state index in [9.17, 15) is 9.90 Å². The highest BCUT2D eigenvalue weighted by Crippen LogP contribution is 2.12. The Hall–Kier alpha value is -1.59. The van der Waals surface area contributed by atoms with E-state index in [0.717, 1.165) is 17.7 Å². The Morgan fingerprint density at radius 1 is 1.58 bits per heavy atom. The molecule has 0 aromatic heterocycles. The second kappa shape index (κ2) is 6.54. The van der Waals surface area contributed by atoms with Crippen molar-refractivity contribution < 1.29 is 14.6 Å². The predicted octanol–water partition coefficient (Wildman–Crippen LogP) is 0.0767. The topological polar surface area (TPSA) is 70.6 Å². The molecule has 1 aromatic rings. The van der Waals surface area contributed by atoms with Crippen molar-refractivity contribution in [2.24, 2.45) is 0 Å². The second-order valence-corrected chi connectivity index (χ2v) is 4.74. The molecule has 1 aromatic carbocycles. The van der Waals surface area contributed by atoms with Gasteiger partial charge in [-0.2, -0.15) is 0 Å². The number of carbonyl (C=O) groups is 1. The van der Waals surface area contributed by atoms with E-state index in [-0.39, 0.29) is 11.9 Å². The molecule has 104 valence electrons. The first-order valence-corrected chi connectivity index (χ1v) is 6.51. The van der Waals surface area contributed by atoms with Crippen LogP contribution in [0.2, 0.25) is 0 Å². The van der Waals surface area contributed by atoms with Crippen LogP contribution < -0.4 is 15.4 Å². The smallest absolute Gasteiger partial charge is 0.237 e. The molecule has 0 radical (unpaired) electrons. The van der Waals surface area contributed by atoms with E-state index in [2.05, 4.69) is 10.6 Å². The lowest BCUT2D eigenvalue weighted by atomic mass is 10.1. The summed E-state index contributed by atoms with van der Waals surface area (Å²) in [6, 6.07) is 7.53. The fourth-order valence-electron chi connectivity index (χ4n) is 2.20. The maximum absolute atomic E-state index is 11.8. The Morgan fingerprint density at radius 2 is 2.42 bits per heavy atom. The zero-order valence-electron chi connectivity index (χ0n) is 11.1. The van der Waals surface area contributed by atoms with Crippen molar-refractivity contribution in [3.8, 4) is 5.75 Å². The lowest BCUT2D eigenvalue weighted by molar-refractivity contribution is -0.122. The highest BCUT2D eigenvalue weighted by atomic mass is 16.5. The zero-order chi connectivity index (χ0) is 13.7. The van der Waals surface area contributed by atoms with Crippen molar-refractivity contribution in [2.45, 2.75) is 25.0 Å². The van der Waals surface area contributed by atoms with E-state index in [0.29, 0.717) is 19.5 Å². The predicted molar refractivity (Wildman–Crippen MR) is 72.1 cm³/mol. The number of β-amino-alcohol motifs (C(OH)–C–C–N with tert-alkyl or cyclic N) is 1. The summed E-state index contributed by atoms with van der Waals surface area (Å²) in [5.41, 5.74) is 1.12. The number of aliphatic hydroxyl groups excluding tert-OH is 1. The molecule has 2 atom stereocenters. The number of carbonyl (C=O) groups excluding carboxylic acids is 1. The quantitative estimate of drug-likeness (QED) is 0.704. The molecule has 1 aliphatic rings. The van der Waals surface area contributed by atoms with Gasteiger partial charge in [0.15, 0.2) is 0 Å². The molecule has 1 amide bonds. The molecule has 3 N–H and O–H groups in total. The van der Waals surface area contributed by atoms with Crippen LogP contribution in [-0.4, -0.2) is 43.4 Å². The van der Waals surface area contributed by atoms with Crippen LogP contribution in [0.25, 0.3) is 0 Å². The van der Waals surface area contributed by atoms with Crippen LogP contribution in [0.3, 0.4) is 0 Å². The minimum absolute atomic E-state index is 0.0422. The Labute approximate surface area is 113 Å². The van der Waals surface area contributed by atoms with E-state index < -0.39 is 6.10 Å². The third-order valence-corrected chi connectivity index (χ3v) is 3.27. The normalized spacial score (nSPS) is 22.2. The molecule has 5 nitrogen and oxygen atoms in total. The van der Waals surface area contributed by atoms with Crippen LogP contribution in [0, 0.1) is 0 Å². The average Bonchev–Trinajstić information content (AvgIpc) is 2.86. The molecule has 2 rings (SSSR count). The maximum atomic E-state index is 11.8. The molecule has 5 heteroatoms. The molecular formula is C14H20N2O3. The monoisotopic (exact) mass is 264 g/mol. The minimum atomic E-state index is -0.408. The maximum Gasteiger partial charge on any atom is 0.237 e. The van der Waals surface area contributed by atoms with Crippen molar-refractivity contribution in [2.75, 3.05) is 20.2 Å². The number of rotatable bonds is 5. The lowest BCUT2D eigenvalue weighted by Crippen LogP contribution is -2.41. The number of benzene rings is 1. The largest absolute Gasteiger partial charge is 0.497 e.